The molecule has 0 aliphatic rings. The summed E-state index contributed by atoms with van der Waals surface area (Å²) < 4.78 is 13.1. The lowest BCUT2D eigenvalue weighted by Crippen LogP contribution is -2.19. The van der Waals surface area contributed by atoms with Gasteiger partial charge in [-0.15, -0.1) is 11.8 Å². The molecule has 0 unspecified atom stereocenters. The molecule has 1 amide bonds. The van der Waals surface area contributed by atoms with Crippen LogP contribution in [0.1, 0.15) is 27.6 Å². The van der Waals surface area contributed by atoms with Gasteiger partial charge in [0, 0.05) is 23.6 Å². The number of benzene rings is 2. The fraction of sp³-hybridized carbons (Fsp3) is 0.286. The zero-order valence-corrected chi connectivity index (χ0v) is 18.1. The van der Waals surface area contributed by atoms with Gasteiger partial charge < -0.3 is 14.0 Å². The molecule has 29 heavy (non-hydrogen) atoms. The Morgan fingerprint density at radius 2 is 1.86 bits per heavy atom. The Morgan fingerprint density at radius 1 is 1.14 bits per heavy atom. The average Bonchev–Trinajstić information content (AvgIpc) is 3.09. The first-order valence-electron chi connectivity index (χ1n) is 9.10. The van der Waals surface area contributed by atoms with Crippen LogP contribution in [0.25, 0.3) is 10.2 Å². The molecule has 0 saturated heterocycles. The first-order valence-corrected chi connectivity index (χ1v) is 11.1. The number of carbonyl (C=O) groups is 2. The summed E-state index contributed by atoms with van der Waals surface area (Å²) in [5, 5.41) is 0. The lowest BCUT2D eigenvalue weighted by molar-refractivity contribution is 0.0600. The molecule has 0 fully saturated rings. The van der Waals surface area contributed by atoms with Crippen LogP contribution < -0.4 is 4.80 Å². The third-order valence-electron chi connectivity index (χ3n) is 4.30. The summed E-state index contributed by atoms with van der Waals surface area (Å²) >= 11 is 2.98. The molecule has 0 radical (unpaired) electrons. The molecule has 152 valence electrons. The second kappa shape index (κ2) is 9.87. The molecule has 3 aromatic rings. The molecule has 0 N–H and O–H groups in total. The number of rotatable bonds is 7. The van der Waals surface area contributed by atoms with E-state index in [0.29, 0.717) is 35.7 Å². The van der Waals surface area contributed by atoms with Gasteiger partial charge in [-0.05, 0) is 55.6 Å². The summed E-state index contributed by atoms with van der Waals surface area (Å²) in [6.45, 7) is 3.61. The molecular formula is C21H22N2O4S2. The number of carbonyl (C=O) groups excluding carboxylic acids is 2. The molecule has 0 aliphatic carbocycles. The highest BCUT2D eigenvalue weighted by molar-refractivity contribution is 7.98. The van der Waals surface area contributed by atoms with Crippen LogP contribution in [0.3, 0.4) is 0 Å². The van der Waals surface area contributed by atoms with Crippen LogP contribution in [-0.4, -0.2) is 43.0 Å². The first kappa shape index (κ1) is 21.3. The molecule has 1 heterocycles. The molecule has 6 nitrogen and oxygen atoms in total. The first-order chi connectivity index (χ1) is 14.1. The highest BCUT2D eigenvalue weighted by Crippen LogP contribution is 2.20. The van der Waals surface area contributed by atoms with Crippen molar-refractivity contribution in [2.24, 2.45) is 4.99 Å². The van der Waals surface area contributed by atoms with Gasteiger partial charge in [-0.25, -0.2) is 4.79 Å². The molecule has 2 aromatic carbocycles. The Labute approximate surface area is 177 Å². The SMILES string of the molecule is CCOCCn1c(=NC(=O)c2ccc(SC)cc2)sc2cc(C(=O)OC)ccc21. The molecule has 0 saturated carbocycles. The van der Waals surface area contributed by atoms with Crippen molar-refractivity contribution in [2.75, 3.05) is 26.6 Å². The van der Waals surface area contributed by atoms with Gasteiger partial charge in [0.1, 0.15) is 0 Å². The molecule has 8 heteroatoms. The van der Waals surface area contributed by atoms with Crippen molar-refractivity contribution in [2.45, 2.75) is 18.4 Å². The van der Waals surface area contributed by atoms with Crippen molar-refractivity contribution in [1.82, 2.24) is 4.57 Å². The number of ether oxygens (including phenoxy) is 2. The summed E-state index contributed by atoms with van der Waals surface area (Å²) in [7, 11) is 1.35. The number of nitrogens with zero attached hydrogens (tertiary/aromatic N) is 2. The lowest BCUT2D eigenvalue weighted by atomic mass is 10.2. The molecule has 1 aromatic heterocycles. The molecule has 0 bridgehead atoms. The van der Waals surface area contributed by atoms with Crippen LogP contribution in [0.4, 0.5) is 0 Å². The minimum atomic E-state index is -0.399. The lowest BCUT2D eigenvalue weighted by Gasteiger charge is -2.06. The Kier molecular flexibility index (Phi) is 7.24. The summed E-state index contributed by atoms with van der Waals surface area (Å²) in [6, 6.07) is 12.7. The quantitative estimate of drug-likeness (QED) is 0.322. The second-order valence-corrected chi connectivity index (χ2v) is 7.94. The van der Waals surface area contributed by atoms with E-state index in [4.69, 9.17) is 9.47 Å². The Balaban J connectivity index is 2.05. The molecule has 3 rings (SSSR count). The number of aromatic nitrogens is 1. The van der Waals surface area contributed by atoms with E-state index in [1.165, 1.54) is 18.4 Å². The largest absolute Gasteiger partial charge is 0.465 e. The predicted molar refractivity (Wildman–Crippen MR) is 116 cm³/mol. The van der Waals surface area contributed by atoms with Crippen LogP contribution >= 0.6 is 23.1 Å². The van der Waals surface area contributed by atoms with Crippen LogP contribution in [0.5, 0.6) is 0 Å². The van der Waals surface area contributed by atoms with E-state index in [-0.39, 0.29) is 5.91 Å². The Hall–Kier alpha value is -2.42. The number of hydrogen-bond donors (Lipinski definition) is 0. The van der Waals surface area contributed by atoms with Crippen molar-refractivity contribution in [1.29, 1.82) is 0 Å². The highest BCUT2D eigenvalue weighted by atomic mass is 32.2. The van der Waals surface area contributed by atoms with E-state index in [1.54, 1.807) is 36.0 Å². The van der Waals surface area contributed by atoms with Crippen LogP contribution in [0, 0.1) is 0 Å². The number of hydrogen-bond acceptors (Lipinski definition) is 6. The molecule has 0 atom stereocenters. The van der Waals surface area contributed by atoms with E-state index < -0.39 is 5.97 Å². The predicted octanol–water partition coefficient (Wildman–Crippen LogP) is 3.99. The average molecular weight is 431 g/mol. The third-order valence-corrected chi connectivity index (χ3v) is 6.09. The van der Waals surface area contributed by atoms with Gasteiger partial charge >= 0.3 is 5.97 Å². The van der Waals surface area contributed by atoms with Gasteiger partial charge in [0.05, 0.1) is 29.5 Å². The Bertz CT molecular complexity index is 1080. The fourth-order valence-corrected chi connectivity index (χ4v) is 4.31. The molecule has 0 spiro atoms. The maximum atomic E-state index is 12.7. The fourth-order valence-electron chi connectivity index (χ4n) is 2.80. The zero-order chi connectivity index (χ0) is 20.8. The molecular weight excluding hydrogens is 408 g/mol. The summed E-state index contributed by atoms with van der Waals surface area (Å²) in [5.41, 5.74) is 1.89. The number of thioether (sulfide) groups is 1. The van der Waals surface area contributed by atoms with Gasteiger partial charge in [0.2, 0.25) is 0 Å². The number of amides is 1. The Morgan fingerprint density at radius 3 is 2.52 bits per heavy atom. The van der Waals surface area contributed by atoms with Crippen LogP contribution in [0.2, 0.25) is 0 Å². The minimum absolute atomic E-state index is 0.303. The number of methoxy groups -OCH3 is 1. The maximum Gasteiger partial charge on any atom is 0.337 e. The van der Waals surface area contributed by atoms with Gasteiger partial charge in [-0.2, -0.15) is 4.99 Å². The number of esters is 1. The second-order valence-electron chi connectivity index (χ2n) is 6.05. The van der Waals surface area contributed by atoms with Crippen LogP contribution in [0.15, 0.2) is 52.4 Å². The van der Waals surface area contributed by atoms with Gasteiger partial charge in [-0.1, -0.05) is 11.3 Å². The maximum absolute atomic E-state index is 12.7. The number of thiazole rings is 1. The van der Waals surface area contributed by atoms with Crippen molar-refractivity contribution in [3.63, 3.8) is 0 Å². The minimum Gasteiger partial charge on any atom is -0.465 e. The van der Waals surface area contributed by atoms with Crippen molar-refractivity contribution in [3.8, 4) is 0 Å². The van der Waals surface area contributed by atoms with Crippen molar-refractivity contribution >= 4 is 45.2 Å². The standard InChI is InChI=1S/C21H22N2O4S2/c1-4-27-12-11-23-17-10-7-15(20(25)26-2)13-18(17)29-21(23)22-19(24)14-5-8-16(28-3)9-6-14/h5-10,13H,4,11-12H2,1-3H3. The van der Waals surface area contributed by atoms with E-state index in [1.807, 2.05) is 35.9 Å². The summed E-state index contributed by atoms with van der Waals surface area (Å²) in [5.74, 6) is -0.702. The van der Waals surface area contributed by atoms with Crippen molar-refractivity contribution in [3.05, 3.63) is 58.4 Å². The van der Waals surface area contributed by atoms with E-state index in [2.05, 4.69) is 4.99 Å². The third kappa shape index (κ3) is 4.95. The van der Waals surface area contributed by atoms with E-state index in [9.17, 15) is 9.59 Å². The van der Waals surface area contributed by atoms with E-state index >= 15 is 0 Å². The zero-order valence-electron chi connectivity index (χ0n) is 16.5. The van der Waals surface area contributed by atoms with Crippen LogP contribution in [-0.2, 0) is 16.0 Å². The monoisotopic (exact) mass is 430 g/mol. The number of fused-ring (bicyclic) bond motifs is 1. The van der Waals surface area contributed by atoms with Crippen molar-refractivity contribution < 1.29 is 19.1 Å². The smallest absolute Gasteiger partial charge is 0.337 e. The summed E-state index contributed by atoms with van der Waals surface area (Å²) in [4.78, 5) is 30.6. The van der Waals surface area contributed by atoms with Gasteiger partial charge in [0.25, 0.3) is 5.91 Å². The van der Waals surface area contributed by atoms with E-state index in [0.717, 1.165) is 15.1 Å². The summed E-state index contributed by atoms with van der Waals surface area (Å²) in [6.07, 6.45) is 1.99. The normalized spacial score (nSPS) is 11.8. The topological polar surface area (TPSA) is 69.9 Å². The highest BCUT2D eigenvalue weighted by Gasteiger charge is 2.13. The van der Waals surface area contributed by atoms with Gasteiger partial charge in [-0.3, -0.25) is 4.79 Å². The van der Waals surface area contributed by atoms with Gasteiger partial charge in [0.15, 0.2) is 4.80 Å². The molecule has 0 aliphatic heterocycles.